The van der Waals surface area contributed by atoms with E-state index in [0.29, 0.717) is 5.69 Å². The van der Waals surface area contributed by atoms with Crippen LogP contribution in [0.25, 0.3) is 5.69 Å². The molecule has 0 aliphatic carbocycles. The lowest BCUT2D eigenvalue weighted by molar-refractivity contribution is 0.625. The summed E-state index contributed by atoms with van der Waals surface area (Å²) in [5.74, 6) is -0.289. The summed E-state index contributed by atoms with van der Waals surface area (Å²) in [6.07, 6.45) is 3.31. The number of rotatable bonds is 2. The van der Waals surface area contributed by atoms with Gasteiger partial charge in [0.2, 0.25) is 0 Å². The van der Waals surface area contributed by atoms with E-state index in [-0.39, 0.29) is 11.9 Å². The lowest BCUT2D eigenvalue weighted by atomic mass is 10.2. The normalized spacial score (nSPS) is 12.8. The van der Waals surface area contributed by atoms with Crippen LogP contribution in [0, 0.1) is 5.82 Å². The molecule has 2 N–H and O–H groups in total. The first-order valence-electron chi connectivity index (χ1n) is 4.83. The average Bonchev–Trinajstić information content (AvgIpc) is 2.70. The molecule has 0 amide bonds. The highest BCUT2D eigenvalue weighted by atomic mass is 79.9. The Morgan fingerprint density at radius 1 is 1.50 bits per heavy atom. The summed E-state index contributed by atoms with van der Waals surface area (Å²) in [5.41, 5.74) is 7.35. The average molecular weight is 284 g/mol. The Hall–Kier alpha value is -1.20. The minimum absolute atomic E-state index is 0.155. The summed E-state index contributed by atoms with van der Waals surface area (Å²) in [5, 5.41) is 0. The van der Waals surface area contributed by atoms with E-state index >= 15 is 0 Å². The van der Waals surface area contributed by atoms with E-state index in [1.54, 1.807) is 23.2 Å². The number of imidazole rings is 1. The summed E-state index contributed by atoms with van der Waals surface area (Å²) >= 11 is 3.38. The number of hydrogen-bond donors (Lipinski definition) is 1. The first-order valence-corrected chi connectivity index (χ1v) is 5.62. The highest BCUT2D eigenvalue weighted by molar-refractivity contribution is 9.10. The first kappa shape index (κ1) is 11.3. The van der Waals surface area contributed by atoms with Crippen LogP contribution >= 0.6 is 15.9 Å². The van der Waals surface area contributed by atoms with Gasteiger partial charge < -0.3 is 10.3 Å². The summed E-state index contributed by atoms with van der Waals surface area (Å²) < 4.78 is 15.8. The van der Waals surface area contributed by atoms with E-state index in [4.69, 9.17) is 5.73 Å². The van der Waals surface area contributed by atoms with Crippen LogP contribution in [0.5, 0.6) is 0 Å². The number of aromatic nitrogens is 2. The van der Waals surface area contributed by atoms with E-state index in [0.717, 1.165) is 10.2 Å². The van der Waals surface area contributed by atoms with E-state index < -0.39 is 0 Å². The summed E-state index contributed by atoms with van der Waals surface area (Å²) in [6, 6.07) is 4.35. The van der Waals surface area contributed by atoms with E-state index in [9.17, 15) is 4.39 Å². The number of hydrogen-bond acceptors (Lipinski definition) is 2. The standard InChI is InChI=1S/C11H11BrFN3/c1-7(14)11-5-15-6-16(11)10-4-8(13)2-3-9(10)12/h2-7H,14H2,1H3/t7-/m0/s1. The molecule has 0 radical (unpaired) electrons. The second-order valence-corrected chi connectivity index (χ2v) is 4.43. The van der Waals surface area contributed by atoms with Gasteiger partial charge in [-0.15, -0.1) is 0 Å². The van der Waals surface area contributed by atoms with Crippen molar-refractivity contribution in [2.45, 2.75) is 13.0 Å². The lowest BCUT2D eigenvalue weighted by Gasteiger charge is -2.12. The number of nitrogens with zero attached hydrogens (tertiary/aromatic N) is 2. The summed E-state index contributed by atoms with van der Waals surface area (Å²) in [7, 11) is 0. The molecule has 1 aromatic heterocycles. The van der Waals surface area contributed by atoms with Crippen molar-refractivity contribution >= 4 is 15.9 Å². The van der Waals surface area contributed by atoms with Gasteiger partial charge in [0.25, 0.3) is 0 Å². The second kappa shape index (κ2) is 4.35. The molecule has 3 nitrogen and oxygen atoms in total. The summed E-state index contributed by atoms with van der Waals surface area (Å²) in [6.45, 7) is 1.86. The van der Waals surface area contributed by atoms with Crippen LogP contribution in [0.1, 0.15) is 18.7 Å². The quantitative estimate of drug-likeness (QED) is 0.921. The van der Waals surface area contributed by atoms with E-state index in [1.807, 2.05) is 6.92 Å². The zero-order valence-electron chi connectivity index (χ0n) is 8.69. The molecule has 1 heterocycles. The fourth-order valence-corrected chi connectivity index (χ4v) is 1.95. The minimum atomic E-state index is -0.289. The number of benzene rings is 1. The number of nitrogens with two attached hydrogens (primary N) is 1. The smallest absolute Gasteiger partial charge is 0.125 e. The molecule has 0 bridgehead atoms. The fraction of sp³-hybridized carbons (Fsp3) is 0.182. The van der Waals surface area contributed by atoms with Gasteiger partial charge in [-0.3, -0.25) is 0 Å². The molecule has 2 rings (SSSR count). The van der Waals surface area contributed by atoms with Crippen LogP contribution in [0.15, 0.2) is 35.2 Å². The maximum Gasteiger partial charge on any atom is 0.125 e. The Morgan fingerprint density at radius 2 is 2.25 bits per heavy atom. The highest BCUT2D eigenvalue weighted by Gasteiger charge is 2.11. The molecule has 0 unspecified atom stereocenters. The molecule has 1 atom stereocenters. The zero-order valence-corrected chi connectivity index (χ0v) is 10.3. The number of halogens is 2. The molecule has 5 heteroatoms. The van der Waals surface area contributed by atoms with Crippen LogP contribution in [-0.2, 0) is 0 Å². The van der Waals surface area contributed by atoms with E-state index in [2.05, 4.69) is 20.9 Å². The van der Waals surface area contributed by atoms with Crippen molar-refractivity contribution in [3.8, 4) is 5.69 Å². The molecule has 84 valence electrons. The molecule has 1 aromatic carbocycles. The molecular formula is C11H11BrFN3. The SMILES string of the molecule is C[C@H](N)c1cncn1-c1cc(F)ccc1Br. The Balaban J connectivity index is 2.58. The van der Waals surface area contributed by atoms with Gasteiger partial charge in [-0.25, -0.2) is 9.37 Å². The Kier molecular flexibility index (Phi) is 3.07. The summed E-state index contributed by atoms with van der Waals surface area (Å²) in [4.78, 5) is 4.03. The molecule has 2 aromatic rings. The van der Waals surface area contributed by atoms with Gasteiger partial charge in [0.15, 0.2) is 0 Å². The second-order valence-electron chi connectivity index (χ2n) is 3.57. The molecule has 0 saturated carbocycles. The first-order chi connectivity index (χ1) is 7.59. The predicted molar refractivity (Wildman–Crippen MR) is 63.8 cm³/mol. The van der Waals surface area contributed by atoms with Crippen molar-refractivity contribution in [2.75, 3.05) is 0 Å². The van der Waals surface area contributed by atoms with Crippen molar-refractivity contribution < 1.29 is 4.39 Å². The minimum Gasteiger partial charge on any atom is -0.323 e. The van der Waals surface area contributed by atoms with Crippen LogP contribution in [0.3, 0.4) is 0 Å². The molecule has 0 aliphatic heterocycles. The van der Waals surface area contributed by atoms with Gasteiger partial charge in [0, 0.05) is 10.5 Å². The van der Waals surface area contributed by atoms with Crippen molar-refractivity contribution in [2.24, 2.45) is 5.73 Å². The van der Waals surface area contributed by atoms with Gasteiger partial charge in [-0.1, -0.05) is 0 Å². The zero-order chi connectivity index (χ0) is 11.7. The van der Waals surface area contributed by atoms with Crippen LogP contribution in [0.4, 0.5) is 4.39 Å². The molecule has 0 aliphatic rings. The Bertz CT molecular complexity index is 508. The van der Waals surface area contributed by atoms with Gasteiger partial charge in [0.05, 0.1) is 23.9 Å². The Labute approximate surface area is 101 Å². The lowest BCUT2D eigenvalue weighted by Crippen LogP contribution is -2.11. The van der Waals surface area contributed by atoms with Gasteiger partial charge in [-0.05, 0) is 41.1 Å². The molecule has 16 heavy (non-hydrogen) atoms. The molecule has 0 spiro atoms. The third-order valence-electron chi connectivity index (χ3n) is 2.30. The largest absolute Gasteiger partial charge is 0.323 e. The fourth-order valence-electron chi connectivity index (χ4n) is 1.51. The third-order valence-corrected chi connectivity index (χ3v) is 2.97. The molecule has 0 saturated heterocycles. The van der Waals surface area contributed by atoms with Crippen LogP contribution in [0.2, 0.25) is 0 Å². The predicted octanol–water partition coefficient (Wildman–Crippen LogP) is 2.79. The topological polar surface area (TPSA) is 43.8 Å². The molecular weight excluding hydrogens is 273 g/mol. The van der Waals surface area contributed by atoms with Crippen LogP contribution in [-0.4, -0.2) is 9.55 Å². The third kappa shape index (κ3) is 2.01. The monoisotopic (exact) mass is 283 g/mol. The van der Waals surface area contributed by atoms with Gasteiger partial charge in [0.1, 0.15) is 5.82 Å². The Morgan fingerprint density at radius 3 is 2.94 bits per heavy atom. The van der Waals surface area contributed by atoms with Crippen molar-refractivity contribution in [1.82, 2.24) is 9.55 Å². The maximum absolute atomic E-state index is 13.2. The van der Waals surface area contributed by atoms with Crippen LogP contribution < -0.4 is 5.73 Å². The van der Waals surface area contributed by atoms with Crippen molar-refractivity contribution in [3.63, 3.8) is 0 Å². The van der Waals surface area contributed by atoms with Crippen molar-refractivity contribution in [1.29, 1.82) is 0 Å². The van der Waals surface area contributed by atoms with Gasteiger partial charge >= 0.3 is 0 Å². The maximum atomic E-state index is 13.2. The van der Waals surface area contributed by atoms with Gasteiger partial charge in [-0.2, -0.15) is 0 Å². The van der Waals surface area contributed by atoms with Crippen molar-refractivity contribution in [3.05, 3.63) is 46.7 Å². The highest BCUT2D eigenvalue weighted by Crippen LogP contribution is 2.24. The molecule has 0 fully saturated rings. The van der Waals surface area contributed by atoms with E-state index in [1.165, 1.54) is 12.1 Å².